The Balaban J connectivity index is 0.000000291. The Hall–Kier alpha value is -2.66. The first-order valence-electron chi connectivity index (χ1n) is 8.58. The number of nitrogens with one attached hydrogen (secondary N) is 1. The number of benzene rings is 1. The van der Waals surface area contributed by atoms with Crippen LogP contribution >= 0.6 is 12.2 Å². The first kappa shape index (κ1) is 24.4. The van der Waals surface area contributed by atoms with Crippen molar-refractivity contribution in [3.63, 3.8) is 0 Å². The maximum absolute atomic E-state index is 11.4. The lowest BCUT2D eigenvalue weighted by molar-refractivity contribution is -0.139. The summed E-state index contributed by atoms with van der Waals surface area (Å²) in [4.78, 5) is 30.8. The van der Waals surface area contributed by atoms with Gasteiger partial charge in [-0.15, -0.1) is 0 Å². The van der Waals surface area contributed by atoms with Gasteiger partial charge in [-0.2, -0.15) is 0 Å². The fourth-order valence-corrected chi connectivity index (χ4v) is 2.07. The molecule has 2 N–H and O–H groups in total. The number of methoxy groups -OCH3 is 1. The first-order chi connectivity index (χ1) is 14.0. The molecule has 0 unspecified atom stereocenters. The van der Waals surface area contributed by atoms with Crippen LogP contribution in [-0.2, 0) is 25.2 Å². The van der Waals surface area contributed by atoms with Crippen molar-refractivity contribution in [3.8, 4) is 5.75 Å². The van der Waals surface area contributed by atoms with Crippen molar-refractivity contribution in [2.24, 2.45) is 0 Å². The summed E-state index contributed by atoms with van der Waals surface area (Å²) in [6.07, 6.45) is 1.31. The van der Waals surface area contributed by atoms with Crippen molar-refractivity contribution in [1.82, 2.24) is 9.71 Å². The second-order valence-electron chi connectivity index (χ2n) is 5.57. The molecule has 0 aliphatic rings. The van der Waals surface area contributed by atoms with E-state index in [1.165, 1.54) is 13.3 Å². The number of pyridine rings is 1. The molecule has 2 aromatic rings. The Labute approximate surface area is 173 Å². The molecule has 29 heavy (non-hydrogen) atoms. The van der Waals surface area contributed by atoms with Gasteiger partial charge in [0.1, 0.15) is 18.8 Å². The predicted octanol–water partition coefficient (Wildman–Crippen LogP) is 2.46. The van der Waals surface area contributed by atoms with Gasteiger partial charge in [-0.05, 0) is 32.0 Å². The van der Waals surface area contributed by atoms with Gasteiger partial charge in [-0.3, -0.25) is 4.79 Å². The monoisotopic (exact) mass is 424 g/mol. The minimum atomic E-state index is -0.496. The van der Waals surface area contributed by atoms with Gasteiger partial charge >= 0.3 is 11.9 Å². The van der Waals surface area contributed by atoms with Crippen molar-refractivity contribution >= 4 is 24.2 Å². The number of aromatic nitrogens is 1. The lowest BCUT2D eigenvalue weighted by atomic mass is 10.2. The van der Waals surface area contributed by atoms with Crippen molar-refractivity contribution < 1.29 is 33.4 Å². The molecule has 0 bridgehead atoms. The number of esters is 2. The number of nitrogens with zero attached hydrogens (tertiary/aromatic N) is 1. The van der Waals surface area contributed by atoms with E-state index in [0.717, 1.165) is 12.2 Å². The lowest BCUT2D eigenvalue weighted by Gasteiger charge is -2.09. The number of hydrogen-bond donors (Lipinski definition) is 2. The van der Waals surface area contributed by atoms with E-state index < -0.39 is 5.97 Å². The van der Waals surface area contributed by atoms with E-state index in [2.05, 4.69) is 14.4 Å². The van der Waals surface area contributed by atoms with Crippen LogP contribution in [0, 0.1) is 0 Å². The molecule has 2 rings (SSSR count). The molecule has 0 aliphatic heterocycles. The quantitative estimate of drug-likeness (QED) is 0.155. The van der Waals surface area contributed by atoms with Gasteiger partial charge in [0.05, 0.1) is 19.8 Å². The first-order valence-corrected chi connectivity index (χ1v) is 9.32. The predicted molar refractivity (Wildman–Crippen MR) is 106 cm³/mol. The molecule has 0 atom stereocenters. The number of ether oxygens (including phenoxy) is 2. The van der Waals surface area contributed by atoms with Crippen LogP contribution in [-0.4, -0.2) is 41.8 Å². The van der Waals surface area contributed by atoms with Gasteiger partial charge in [-0.1, -0.05) is 28.6 Å². The molecule has 1 aromatic carbocycles. The summed E-state index contributed by atoms with van der Waals surface area (Å²) in [6, 6.07) is 12.3. The number of carbonyl (C=O) groups is 2. The Morgan fingerprint density at radius 2 is 1.90 bits per heavy atom. The maximum Gasteiger partial charge on any atom is 0.357 e. The van der Waals surface area contributed by atoms with Crippen LogP contribution in [0.3, 0.4) is 0 Å². The van der Waals surface area contributed by atoms with E-state index >= 15 is 0 Å². The highest BCUT2D eigenvalue weighted by Crippen LogP contribution is 2.11. The van der Waals surface area contributed by atoms with Crippen LogP contribution in [0.25, 0.3) is 0 Å². The zero-order valence-corrected chi connectivity index (χ0v) is 17.2. The van der Waals surface area contributed by atoms with Gasteiger partial charge < -0.3 is 19.5 Å². The Morgan fingerprint density at radius 1 is 1.17 bits per heavy atom. The summed E-state index contributed by atoms with van der Waals surface area (Å²) in [5.74, 6) is -0.277. The Morgan fingerprint density at radius 3 is 2.52 bits per heavy atom. The average Bonchev–Trinajstić information content (AvgIpc) is 2.74. The Bertz CT molecular complexity index is 744. The molecule has 10 heteroatoms. The number of aliphatic hydroxyl groups is 1. The van der Waals surface area contributed by atoms with Gasteiger partial charge in [0.25, 0.3) is 0 Å². The zero-order valence-electron chi connectivity index (χ0n) is 16.4. The van der Waals surface area contributed by atoms with Crippen LogP contribution < -0.4 is 9.61 Å². The van der Waals surface area contributed by atoms with E-state index in [1.54, 1.807) is 38.1 Å². The average molecular weight is 424 g/mol. The van der Waals surface area contributed by atoms with Crippen LogP contribution in [0.1, 0.15) is 29.9 Å². The molecule has 1 aromatic heterocycles. The second-order valence-corrected chi connectivity index (χ2v) is 6.16. The topological polar surface area (TPSA) is 116 Å². The standard InChI is InChI=1S/C10H13NO3.C9H11NO4S/c1-7(2)14-10(13)9-8(6-12)4-3-5-11-9;1-12-9(11)7-10-15-14-13-8-5-3-2-4-6-8/h3-5,7,12H,6H2,1-2H3;2-6,10H,7H2,1H3. The Kier molecular flexibility index (Phi) is 12.1. The molecule has 158 valence electrons. The molecule has 0 amide bonds. The molecule has 0 spiro atoms. The fourth-order valence-electron chi connectivity index (χ4n) is 1.74. The normalized spacial score (nSPS) is 9.97. The summed E-state index contributed by atoms with van der Waals surface area (Å²) in [5.41, 5.74) is 0.668. The summed E-state index contributed by atoms with van der Waals surface area (Å²) < 4.78 is 16.7. The number of rotatable bonds is 9. The van der Waals surface area contributed by atoms with E-state index in [4.69, 9.17) is 19.1 Å². The van der Waals surface area contributed by atoms with E-state index in [9.17, 15) is 9.59 Å². The maximum atomic E-state index is 11.4. The van der Waals surface area contributed by atoms with Crippen molar-refractivity contribution in [2.45, 2.75) is 26.6 Å². The largest absolute Gasteiger partial charge is 0.468 e. The number of para-hydroxylation sites is 1. The second kappa shape index (κ2) is 14.4. The third kappa shape index (κ3) is 10.5. The van der Waals surface area contributed by atoms with Crippen molar-refractivity contribution in [2.75, 3.05) is 13.7 Å². The van der Waals surface area contributed by atoms with E-state index in [0.29, 0.717) is 11.3 Å². The highest BCUT2D eigenvalue weighted by atomic mass is 32.2. The minimum Gasteiger partial charge on any atom is -0.468 e. The summed E-state index contributed by atoms with van der Waals surface area (Å²) in [7, 11) is 1.32. The lowest BCUT2D eigenvalue weighted by Crippen LogP contribution is -2.18. The summed E-state index contributed by atoms with van der Waals surface area (Å²) in [5, 5.41) is 8.95. The van der Waals surface area contributed by atoms with Crippen LogP contribution in [0.15, 0.2) is 48.7 Å². The van der Waals surface area contributed by atoms with E-state index in [1.807, 2.05) is 18.2 Å². The van der Waals surface area contributed by atoms with Gasteiger partial charge in [0.2, 0.25) is 0 Å². The van der Waals surface area contributed by atoms with Gasteiger partial charge in [0.15, 0.2) is 11.4 Å². The van der Waals surface area contributed by atoms with Gasteiger partial charge in [0, 0.05) is 11.8 Å². The molecular weight excluding hydrogens is 400 g/mol. The summed E-state index contributed by atoms with van der Waals surface area (Å²) >= 11 is 0.819. The molecule has 0 fully saturated rings. The molecule has 0 saturated heterocycles. The highest BCUT2D eigenvalue weighted by molar-refractivity contribution is 7.92. The smallest absolute Gasteiger partial charge is 0.357 e. The minimum absolute atomic E-state index is 0.0549. The van der Waals surface area contributed by atoms with Crippen LogP contribution in [0.2, 0.25) is 0 Å². The number of carbonyl (C=O) groups excluding carboxylic acids is 2. The fraction of sp³-hybridized carbons (Fsp3) is 0.316. The van der Waals surface area contributed by atoms with Gasteiger partial charge in [-0.25, -0.2) is 14.5 Å². The molecule has 0 aliphatic carbocycles. The van der Waals surface area contributed by atoms with Crippen molar-refractivity contribution in [1.29, 1.82) is 0 Å². The molecule has 1 heterocycles. The third-order valence-corrected chi connectivity index (χ3v) is 3.41. The van der Waals surface area contributed by atoms with Crippen LogP contribution in [0.5, 0.6) is 5.75 Å². The molecular formula is C19H24N2O7S. The SMILES string of the molecule is CC(C)OC(=O)c1ncccc1CO.COC(=O)CNSOOc1ccccc1. The molecule has 0 saturated carbocycles. The highest BCUT2D eigenvalue weighted by Gasteiger charge is 2.14. The molecule has 9 nitrogen and oxygen atoms in total. The zero-order chi connectivity index (χ0) is 21.5. The third-order valence-electron chi connectivity index (χ3n) is 3.01. The number of aliphatic hydroxyl groups excluding tert-OH is 1. The van der Waals surface area contributed by atoms with E-state index in [-0.39, 0.29) is 30.9 Å². The van der Waals surface area contributed by atoms with Crippen LogP contribution in [0.4, 0.5) is 0 Å². The molecule has 0 radical (unpaired) electrons. The number of hydrogen-bond acceptors (Lipinski definition) is 10. The van der Waals surface area contributed by atoms with Crippen molar-refractivity contribution in [3.05, 3.63) is 59.9 Å². The summed E-state index contributed by atoms with van der Waals surface area (Å²) in [6.45, 7) is 3.37.